The first-order chi connectivity index (χ1) is 18.0. The number of piperidine rings is 3. The molecule has 7 nitrogen and oxygen atoms in total. The Morgan fingerprint density at radius 1 is 0.947 bits per heavy atom. The number of pyridine rings is 1. The largest absolute Gasteiger partial charge is 1.00 e. The van der Waals surface area contributed by atoms with Crippen LogP contribution in [0.4, 0.5) is 5.82 Å². The van der Waals surface area contributed by atoms with E-state index in [1.165, 1.54) is 0 Å². The molecule has 7 rings (SSSR count). The molecule has 0 spiro atoms. The highest BCUT2D eigenvalue weighted by Gasteiger charge is 2.53. The lowest BCUT2D eigenvalue weighted by Crippen LogP contribution is -3.00. The van der Waals surface area contributed by atoms with E-state index in [4.69, 9.17) is 4.74 Å². The third-order valence-electron chi connectivity index (χ3n) is 8.18. The fraction of sp³-hybridized carbons (Fsp3) is 0.300. The van der Waals surface area contributed by atoms with Crippen molar-refractivity contribution >= 4 is 29.8 Å². The number of quaternary nitrogens is 1. The molecule has 1 amide bonds. The van der Waals surface area contributed by atoms with Crippen molar-refractivity contribution < 1.29 is 40.9 Å². The standard InChI is InChI=1S/C30H29N3O4.BrH/c34-27(32-26-11-5-6-16-31-26)20-33-17-14-21(15-18-33)19-28(33)37-29(35)30(36)24-9-3-1-7-22(24)12-13-23-8-2-4-10-25(23)30;/h1-13,16,21,28,36H,14-15,17-20H2;1H. The molecular weight excluding hydrogens is 546 g/mol. The number of aliphatic hydroxyl groups is 1. The molecule has 2 N–H and O–H groups in total. The number of hydrogen-bond donors (Lipinski definition) is 2. The maximum atomic E-state index is 14.0. The van der Waals surface area contributed by atoms with Gasteiger partial charge in [0.15, 0.2) is 6.54 Å². The van der Waals surface area contributed by atoms with E-state index in [0.29, 0.717) is 33.8 Å². The molecule has 1 atom stereocenters. The SMILES string of the molecule is O=C(C[N+]12CCC(CC1)CC2OC(=O)C1(O)c2ccccc2C=Cc2ccccc21)Nc1ccccn1.[Br-]. The lowest BCUT2D eigenvalue weighted by molar-refractivity contribution is -0.977. The normalized spacial score (nSPS) is 24.2. The average molecular weight is 576 g/mol. The Labute approximate surface area is 232 Å². The first-order valence-electron chi connectivity index (χ1n) is 12.9. The van der Waals surface area contributed by atoms with Crippen LogP contribution in [-0.4, -0.2) is 52.3 Å². The highest BCUT2D eigenvalue weighted by molar-refractivity contribution is 5.92. The number of hydrogen-bond acceptors (Lipinski definition) is 5. The summed E-state index contributed by atoms with van der Waals surface area (Å²) >= 11 is 0. The number of nitrogens with one attached hydrogen (secondary N) is 1. The van der Waals surface area contributed by atoms with E-state index >= 15 is 0 Å². The number of aromatic nitrogens is 1. The molecule has 2 aromatic carbocycles. The number of carbonyl (C=O) groups is 2. The lowest BCUT2D eigenvalue weighted by Gasteiger charge is -2.52. The number of carbonyl (C=O) groups excluding carboxylic acids is 2. The zero-order valence-electron chi connectivity index (χ0n) is 20.9. The Bertz CT molecular complexity index is 1320. The van der Waals surface area contributed by atoms with Crippen LogP contribution in [0.25, 0.3) is 12.2 Å². The summed E-state index contributed by atoms with van der Waals surface area (Å²) in [6.45, 7) is 1.70. The van der Waals surface area contributed by atoms with Gasteiger partial charge in [0.05, 0.1) is 13.1 Å². The minimum absolute atomic E-state index is 0. The number of anilines is 1. The van der Waals surface area contributed by atoms with Crippen molar-refractivity contribution in [3.05, 3.63) is 95.2 Å². The number of fused-ring (bicyclic) bond motifs is 5. The van der Waals surface area contributed by atoms with Crippen LogP contribution in [0.2, 0.25) is 0 Å². The minimum atomic E-state index is -1.96. The van der Waals surface area contributed by atoms with Gasteiger partial charge in [-0.05, 0) is 29.2 Å². The van der Waals surface area contributed by atoms with Crippen molar-refractivity contribution in [1.29, 1.82) is 0 Å². The van der Waals surface area contributed by atoms with Crippen LogP contribution in [0.15, 0.2) is 72.9 Å². The van der Waals surface area contributed by atoms with Crippen LogP contribution in [-0.2, 0) is 19.9 Å². The average Bonchev–Trinajstić information content (AvgIpc) is 3.05. The Balaban J connectivity index is 0.00000294. The van der Waals surface area contributed by atoms with E-state index in [0.717, 1.165) is 37.1 Å². The van der Waals surface area contributed by atoms with Gasteiger partial charge in [0.2, 0.25) is 11.8 Å². The third kappa shape index (κ3) is 4.57. The molecule has 3 aromatic rings. The van der Waals surface area contributed by atoms with Gasteiger partial charge in [0.25, 0.3) is 5.91 Å². The molecular formula is C30H30BrN3O4. The van der Waals surface area contributed by atoms with E-state index in [-0.39, 0.29) is 29.4 Å². The van der Waals surface area contributed by atoms with Gasteiger partial charge in [-0.1, -0.05) is 66.7 Å². The smallest absolute Gasteiger partial charge is 0.352 e. The topological polar surface area (TPSA) is 88.5 Å². The van der Waals surface area contributed by atoms with Gasteiger partial charge in [-0.25, -0.2) is 9.78 Å². The molecule has 1 unspecified atom stereocenters. The molecule has 3 aliphatic heterocycles. The van der Waals surface area contributed by atoms with E-state index in [9.17, 15) is 14.7 Å². The predicted molar refractivity (Wildman–Crippen MR) is 140 cm³/mol. The van der Waals surface area contributed by atoms with E-state index in [1.54, 1.807) is 30.5 Å². The molecule has 3 fully saturated rings. The zero-order chi connectivity index (χ0) is 25.5. The predicted octanol–water partition coefficient (Wildman–Crippen LogP) is 0.944. The quantitative estimate of drug-likeness (QED) is 0.349. The van der Waals surface area contributed by atoms with Crippen molar-refractivity contribution in [2.24, 2.45) is 5.92 Å². The van der Waals surface area contributed by atoms with Crippen molar-refractivity contribution in [2.45, 2.75) is 31.1 Å². The summed E-state index contributed by atoms with van der Waals surface area (Å²) in [7, 11) is 0. The van der Waals surface area contributed by atoms with Crippen molar-refractivity contribution in [1.82, 2.24) is 4.98 Å². The summed E-state index contributed by atoms with van der Waals surface area (Å²) in [6, 6.07) is 20.1. The van der Waals surface area contributed by atoms with Crippen molar-refractivity contribution in [3.63, 3.8) is 0 Å². The minimum Gasteiger partial charge on any atom is -1.00 e. The second-order valence-electron chi connectivity index (χ2n) is 10.3. The first-order valence-corrected chi connectivity index (χ1v) is 12.9. The Morgan fingerprint density at radius 2 is 1.55 bits per heavy atom. The summed E-state index contributed by atoms with van der Waals surface area (Å²) < 4.78 is 6.62. The molecule has 1 aromatic heterocycles. The maximum absolute atomic E-state index is 14.0. The molecule has 2 bridgehead atoms. The molecule has 4 heterocycles. The van der Waals surface area contributed by atoms with E-state index < -0.39 is 17.8 Å². The van der Waals surface area contributed by atoms with Crippen LogP contribution in [0.3, 0.4) is 0 Å². The van der Waals surface area contributed by atoms with Gasteiger partial charge in [-0.2, -0.15) is 0 Å². The number of rotatable bonds is 5. The number of amides is 1. The Hall–Kier alpha value is -3.33. The number of esters is 1. The second kappa shape index (κ2) is 10.4. The summed E-state index contributed by atoms with van der Waals surface area (Å²) in [5, 5.41) is 15.1. The molecule has 4 aliphatic rings. The van der Waals surface area contributed by atoms with Crippen LogP contribution < -0.4 is 22.3 Å². The van der Waals surface area contributed by atoms with E-state index in [1.807, 2.05) is 54.6 Å². The third-order valence-corrected chi connectivity index (χ3v) is 8.18. The van der Waals surface area contributed by atoms with Gasteiger partial charge >= 0.3 is 5.97 Å². The number of benzene rings is 2. The maximum Gasteiger partial charge on any atom is 0.352 e. The van der Waals surface area contributed by atoms with Crippen LogP contribution in [0, 0.1) is 5.92 Å². The molecule has 1 aliphatic carbocycles. The van der Waals surface area contributed by atoms with Gasteiger partial charge < -0.3 is 32.1 Å². The Morgan fingerprint density at radius 3 is 2.16 bits per heavy atom. The van der Waals surface area contributed by atoms with Gasteiger partial charge in [0, 0.05) is 36.6 Å². The fourth-order valence-electron chi connectivity index (χ4n) is 6.19. The second-order valence-corrected chi connectivity index (χ2v) is 10.3. The first kappa shape index (κ1) is 26.3. The number of halogens is 1. The zero-order valence-corrected chi connectivity index (χ0v) is 22.5. The van der Waals surface area contributed by atoms with Crippen LogP contribution >= 0.6 is 0 Å². The number of ether oxygens (including phenoxy) is 1. The monoisotopic (exact) mass is 575 g/mol. The van der Waals surface area contributed by atoms with Gasteiger partial charge in [0.1, 0.15) is 5.82 Å². The molecule has 38 heavy (non-hydrogen) atoms. The molecule has 0 radical (unpaired) electrons. The van der Waals surface area contributed by atoms with Crippen LogP contribution in [0.1, 0.15) is 41.5 Å². The summed E-state index contributed by atoms with van der Waals surface area (Å²) in [4.78, 5) is 31.3. The van der Waals surface area contributed by atoms with Gasteiger partial charge in [-0.3, -0.25) is 9.28 Å². The van der Waals surface area contributed by atoms with Crippen LogP contribution in [0.5, 0.6) is 0 Å². The summed E-state index contributed by atoms with van der Waals surface area (Å²) in [5.74, 6) is 0.0886. The molecule has 196 valence electrons. The highest BCUT2D eigenvalue weighted by atomic mass is 79.9. The molecule has 8 heteroatoms. The summed E-state index contributed by atoms with van der Waals surface area (Å²) in [5.41, 5.74) is 0.562. The van der Waals surface area contributed by atoms with E-state index in [2.05, 4.69) is 10.3 Å². The lowest BCUT2D eigenvalue weighted by atomic mass is 9.82. The van der Waals surface area contributed by atoms with Gasteiger partial charge in [-0.15, -0.1) is 0 Å². The molecule has 0 saturated carbocycles. The number of nitrogens with zero attached hydrogens (tertiary/aromatic N) is 2. The Kier molecular flexibility index (Phi) is 7.22. The van der Waals surface area contributed by atoms with Crippen molar-refractivity contribution in [3.8, 4) is 0 Å². The highest BCUT2D eigenvalue weighted by Crippen LogP contribution is 2.43. The summed E-state index contributed by atoms with van der Waals surface area (Å²) in [6.07, 6.45) is 7.63. The van der Waals surface area contributed by atoms with Crippen molar-refractivity contribution in [2.75, 3.05) is 25.0 Å². The molecule has 3 saturated heterocycles. The fourth-order valence-corrected chi connectivity index (χ4v) is 6.19.